The summed E-state index contributed by atoms with van der Waals surface area (Å²) in [4.78, 5) is 23.6. The molecule has 1 heterocycles. The second-order valence-electron chi connectivity index (χ2n) is 3.27. The number of rotatable bonds is 2. The molecule has 4 N–H and O–H groups in total. The number of aromatic nitrogens is 1. The number of primary amides is 1. The van der Waals surface area contributed by atoms with E-state index in [0.717, 1.165) is 6.26 Å². The van der Waals surface area contributed by atoms with Gasteiger partial charge in [-0.3, -0.25) is 14.6 Å². The molecule has 0 unspecified atom stereocenters. The number of carbonyl (C=O) groups excluding carboxylic acids is 1. The number of nitrogens with one attached hydrogen (secondary N) is 1. The van der Waals surface area contributed by atoms with Gasteiger partial charge in [-0.1, -0.05) is 0 Å². The van der Waals surface area contributed by atoms with Gasteiger partial charge in [0.2, 0.25) is 5.88 Å². The molecule has 8 heteroatoms. The van der Waals surface area contributed by atoms with E-state index in [1.807, 2.05) is 4.98 Å². The second-order valence-corrected chi connectivity index (χ2v) is 5.22. The highest BCUT2D eigenvalue weighted by molar-refractivity contribution is 7.90. The van der Waals surface area contributed by atoms with Gasteiger partial charge in [0, 0.05) is 6.26 Å². The maximum absolute atomic E-state index is 11.3. The average Bonchev–Trinajstić information content (AvgIpc) is 1.97. The summed E-state index contributed by atoms with van der Waals surface area (Å²) in [5.41, 5.74) is 3.42. The van der Waals surface area contributed by atoms with Crippen molar-refractivity contribution in [3.63, 3.8) is 0 Å². The lowest BCUT2D eigenvalue weighted by Crippen LogP contribution is -2.24. The number of hydrogen-bond donors (Lipinski definition) is 3. The highest BCUT2D eigenvalue weighted by Crippen LogP contribution is 2.20. The van der Waals surface area contributed by atoms with E-state index in [0.29, 0.717) is 0 Å². The molecule has 0 saturated heterocycles. The van der Waals surface area contributed by atoms with Crippen LogP contribution in [0.3, 0.4) is 0 Å². The second kappa shape index (κ2) is 3.63. The minimum atomic E-state index is -3.80. The van der Waals surface area contributed by atoms with E-state index in [-0.39, 0.29) is 5.56 Å². The van der Waals surface area contributed by atoms with Crippen molar-refractivity contribution in [2.45, 2.75) is 11.8 Å². The first-order valence-corrected chi connectivity index (χ1v) is 6.01. The normalized spacial score (nSPS) is 11.4. The van der Waals surface area contributed by atoms with Gasteiger partial charge in [-0.25, -0.2) is 8.42 Å². The number of amides is 1. The Hall–Kier alpha value is -1.83. The Morgan fingerprint density at radius 2 is 1.94 bits per heavy atom. The lowest BCUT2D eigenvalue weighted by Gasteiger charge is -2.08. The SMILES string of the molecule is Cc1c(C(N)=O)c(O)[nH]c(=O)c1S(C)(=O)=O. The van der Waals surface area contributed by atoms with Gasteiger partial charge < -0.3 is 10.8 Å². The van der Waals surface area contributed by atoms with Crippen molar-refractivity contribution in [1.82, 2.24) is 4.98 Å². The van der Waals surface area contributed by atoms with E-state index in [2.05, 4.69) is 0 Å². The number of H-pyrrole nitrogens is 1. The van der Waals surface area contributed by atoms with E-state index in [4.69, 9.17) is 5.73 Å². The van der Waals surface area contributed by atoms with Crippen LogP contribution in [0.15, 0.2) is 9.69 Å². The van der Waals surface area contributed by atoms with Crippen molar-refractivity contribution in [3.8, 4) is 5.88 Å². The van der Waals surface area contributed by atoms with E-state index in [1.54, 1.807) is 0 Å². The molecule has 0 atom stereocenters. The minimum Gasteiger partial charge on any atom is -0.494 e. The van der Waals surface area contributed by atoms with Crippen molar-refractivity contribution in [3.05, 3.63) is 21.5 Å². The first kappa shape index (κ1) is 12.2. The number of nitrogens with two attached hydrogens (primary N) is 1. The molecule has 0 bridgehead atoms. The van der Waals surface area contributed by atoms with Crippen molar-refractivity contribution in [1.29, 1.82) is 0 Å². The van der Waals surface area contributed by atoms with Crippen LogP contribution in [0.25, 0.3) is 0 Å². The van der Waals surface area contributed by atoms with Crippen LogP contribution in [0.1, 0.15) is 15.9 Å². The summed E-state index contributed by atoms with van der Waals surface area (Å²) in [6, 6.07) is 0. The van der Waals surface area contributed by atoms with E-state index in [9.17, 15) is 23.1 Å². The lowest BCUT2D eigenvalue weighted by atomic mass is 10.1. The van der Waals surface area contributed by atoms with Crippen molar-refractivity contribution < 1.29 is 18.3 Å². The monoisotopic (exact) mass is 246 g/mol. The fraction of sp³-hybridized carbons (Fsp3) is 0.250. The van der Waals surface area contributed by atoms with Crippen LogP contribution < -0.4 is 11.3 Å². The molecule has 16 heavy (non-hydrogen) atoms. The van der Waals surface area contributed by atoms with Gasteiger partial charge in [-0.15, -0.1) is 0 Å². The highest BCUT2D eigenvalue weighted by atomic mass is 32.2. The molecule has 0 aromatic carbocycles. The molecule has 0 aliphatic heterocycles. The minimum absolute atomic E-state index is 0.156. The van der Waals surface area contributed by atoms with Gasteiger partial charge in [0.05, 0.1) is 0 Å². The zero-order valence-corrected chi connectivity index (χ0v) is 9.38. The highest BCUT2D eigenvalue weighted by Gasteiger charge is 2.23. The largest absolute Gasteiger partial charge is 0.494 e. The summed E-state index contributed by atoms with van der Waals surface area (Å²) in [5, 5.41) is 9.28. The van der Waals surface area contributed by atoms with E-state index < -0.39 is 37.6 Å². The topological polar surface area (TPSA) is 130 Å². The lowest BCUT2D eigenvalue weighted by molar-refractivity contribution is 0.0996. The predicted molar refractivity (Wildman–Crippen MR) is 55.1 cm³/mol. The molecule has 0 aliphatic carbocycles. The Balaban J connectivity index is 3.87. The smallest absolute Gasteiger partial charge is 0.269 e. The fourth-order valence-corrected chi connectivity index (χ4v) is 2.48. The maximum Gasteiger partial charge on any atom is 0.269 e. The van der Waals surface area contributed by atoms with Crippen LogP contribution in [0.2, 0.25) is 0 Å². The molecule has 1 aromatic rings. The van der Waals surface area contributed by atoms with Crippen LogP contribution in [0.5, 0.6) is 5.88 Å². The van der Waals surface area contributed by atoms with E-state index in [1.165, 1.54) is 6.92 Å². The number of aromatic hydroxyl groups is 1. The van der Waals surface area contributed by atoms with Crippen LogP contribution in [0.4, 0.5) is 0 Å². The van der Waals surface area contributed by atoms with Gasteiger partial charge in [0.1, 0.15) is 10.5 Å². The Bertz CT molecular complexity index is 614. The Labute approximate surface area is 90.8 Å². The van der Waals surface area contributed by atoms with E-state index >= 15 is 0 Å². The molecule has 1 rings (SSSR count). The molecular formula is C8H10N2O5S. The molecule has 0 radical (unpaired) electrons. The van der Waals surface area contributed by atoms with Crippen LogP contribution in [-0.2, 0) is 9.84 Å². The van der Waals surface area contributed by atoms with Crippen molar-refractivity contribution in [2.24, 2.45) is 5.73 Å². The summed E-state index contributed by atoms with van der Waals surface area (Å²) in [5.74, 6) is -1.75. The Morgan fingerprint density at radius 3 is 2.31 bits per heavy atom. The third-order valence-corrected chi connectivity index (χ3v) is 3.24. The molecule has 0 aliphatic rings. The summed E-state index contributed by atoms with van der Waals surface area (Å²) in [7, 11) is -3.80. The first-order valence-electron chi connectivity index (χ1n) is 4.12. The molecule has 1 amide bonds. The van der Waals surface area contributed by atoms with Crippen LogP contribution >= 0.6 is 0 Å². The fourth-order valence-electron chi connectivity index (χ4n) is 1.44. The van der Waals surface area contributed by atoms with Gasteiger partial charge in [0.15, 0.2) is 9.84 Å². The van der Waals surface area contributed by atoms with Gasteiger partial charge in [-0.05, 0) is 12.5 Å². The number of sulfone groups is 1. The molecule has 1 aromatic heterocycles. The average molecular weight is 246 g/mol. The Morgan fingerprint density at radius 1 is 1.44 bits per heavy atom. The molecule has 88 valence electrons. The summed E-state index contributed by atoms with van der Waals surface area (Å²) >= 11 is 0. The van der Waals surface area contributed by atoms with Crippen LogP contribution in [0, 0.1) is 6.92 Å². The maximum atomic E-state index is 11.3. The first-order chi connectivity index (χ1) is 7.16. The number of hydrogen-bond acceptors (Lipinski definition) is 5. The predicted octanol–water partition coefficient (Wildman–Crippen LogP) is -1.11. The molecule has 0 saturated carbocycles. The Kier molecular flexibility index (Phi) is 2.78. The number of pyridine rings is 1. The molecule has 7 nitrogen and oxygen atoms in total. The third kappa shape index (κ3) is 1.91. The third-order valence-electron chi connectivity index (χ3n) is 2.01. The van der Waals surface area contributed by atoms with Crippen molar-refractivity contribution in [2.75, 3.05) is 6.26 Å². The summed E-state index contributed by atoms with van der Waals surface area (Å²) in [6.07, 6.45) is 0.826. The molecule has 0 spiro atoms. The summed E-state index contributed by atoms with van der Waals surface area (Å²) < 4.78 is 22.6. The quantitative estimate of drug-likeness (QED) is 0.609. The number of carbonyl (C=O) groups is 1. The molecular weight excluding hydrogens is 236 g/mol. The van der Waals surface area contributed by atoms with Gasteiger partial charge in [0.25, 0.3) is 11.5 Å². The number of aromatic amines is 1. The molecule has 0 fully saturated rings. The zero-order valence-electron chi connectivity index (χ0n) is 8.57. The standard InChI is InChI=1S/C8H10N2O5S/c1-3-4(6(9)11)7(12)10-8(13)5(3)16(2,14)15/h1-2H3,(H2,9,11)(H2,10,12,13). The van der Waals surface area contributed by atoms with Crippen LogP contribution in [-0.4, -0.2) is 30.7 Å². The summed E-state index contributed by atoms with van der Waals surface area (Å²) in [6.45, 7) is 1.23. The van der Waals surface area contributed by atoms with Crippen molar-refractivity contribution >= 4 is 15.7 Å². The van der Waals surface area contributed by atoms with Gasteiger partial charge in [-0.2, -0.15) is 0 Å². The van der Waals surface area contributed by atoms with Gasteiger partial charge >= 0.3 is 0 Å². The zero-order chi connectivity index (χ0) is 12.7.